The lowest BCUT2D eigenvalue weighted by Crippen LogP contribution is -2.50. The topological polar surface area (TPSA) is 18.5 Å². The summed E-state index contributed by atoms with van der Waals surface area (Å²) in [6.07, 6.45) is 2.03. The highest BCUT2D eigenvalue weighted by molar-refractivity contribution is 9.09. The van der Waals surface area contributed by atoms with E-state index in [1.54, 1.807) is 0 Å². The molecule has 0 heterocycles. The summed E-state index contributed by atoms with van der Waals surface area (Å²) in [6, 6.07) is 26.3. The molecular weight excluding hydrogens is 536 g/mol. The van der Waals surface area contributed by atoms with Crippen molar-refractivity contribution >= 4 is 35.4 Å². The van der Waals surface area contributed by atoms with Crippen molar-refractivity contribution in [3.63, 3.8) is 0 Å². The molecular formula is C33H41BrO2Si. The average molecular weight is 578 g/mol. The Balaban J connectivity index is 1.78. The van der Waals surface area contributed by atoms with E-state index in [9.17, 15) is 0 Å². The Labute approximate surface area is 233 Å². The first-order valence-electron chi connectivity index (χ1n) is 13.7. The molecule has 1 aliphatic carbocycles. The van der Waals surface area contributed by atoms with E-state index >= 15 is 0 Å². The maximum absolute atomic E-state index is 7.06. The molecule has 1 aliphatic rings. The van der Waals surface area contributed by atoms with E-state index in [-0.39, 0.29) is 0 Å². The van der Waals surface area contributed by atoms with E-state index in [1.807, 2.05) is 0 Å². The molecule has 0 bridgehead atoms. The minimum Gasteiger partial charge on any atom is -0.543 e. The molecule has 0 atom stereocenters. The zero-order valence-corrected chi connectivity index (χ0v) is 25.8. The van der Waals surface area contributed by atoms with Crippen LogP contribution in [0.15, 0.2) is 72.8 Å². The second-order valence-electron chi connectivity index (χ2n) is 11.0. The summed E-state index contributed by atoms with van der Waals surface area (Å²) in [7, 11) is -2.01. The summed E-state index contributed by atoms with van der Waals surface area (Å²) in [6.45, 7) is 14.8. The largest absolute Gasteiger partial charge is 0.543 e. The second-order valence-corrected chi connectivity index (χ2v) is 17.2. The van der Waals surface area contributed by atoms with Gasteiger partial charge in [-0.3, -0.25) is 0 Å². The molecule has 0 radical (unpaired) electrons. The molecule has 2 nitrogen and oxygen atoms in total. The van der Waals surface area contributed by atoms with Crippen molar-refractivity contribution in [1.29, 1.82) is 0 Å². The fourth-order valence-corrected chi connectivity index (χ4v) is 11.7. The number of aryl methyl sites for hydroxylation is 1. The van der Waals surface area contributed by atoms with E-state index in [4.69, 9.17) is 9.16 Å². The molecule has 0 fully saturated rings. The molecule has 0 amide bonds. The fourth-order valence-electron chi connectivity index (χ4n) is 6.32. The van der Waals surface area contributed by atoms with Gasteiger partial charge in [-0.05, 0) is 87.1 Å². The quantitative estimate of drug-likeness (QED) is 0.176. The van der Waals surface area contributed by atoms with Crippen molar-refractivity contribution in [2.45, 2.75) is 71.0 Å². The summed E-state index contributed by atoms with van der Waals surface area (Å²) in [5.41, 5.74) is 9.61. The van der Waals surface area contributed by atoms with E-state index in [2.05, 4.69) is 130 Å². The maximum Gasteiger partial charge on any atom is 0.258 e. The van der Waals surface area contributed by atoms with Gasteiger partial charge in [-0.2, -0.15) is 0 Å². The van der Waals surface area contributed by atoms with Gasteiger partial charge in [0, 0.05) is 5.33 Å². The standard InChI is InChI=1S/C33H41BrO2Si/c1-23(2)37(24(3)4,25(5)6)36-30-17-19-32-28(22-30)14-18-31(26-10-8-7-9-11-26)33(32)27-12-15-29(16-13-27)35-21-20-34/h7-13,15-17,19,22-25H,14,18,20-21H2,1-6H3. The lowest BCUT2D eigenvalue weighted by Gasteiger charge is -2.42. The molecule has 0 saturated carbocycles. The van der Waals surface area contributed by atoms with Crippen molar-refractivity contribution in [2.24, 2.45) is 0 Å². The van der Waals surface area contributed by atoms with Crippen LogP contribution in [0.1, 0.15) is 70.2 Å². The third-order valence-corrected chi connectivity index (χ3v) is 14.2. The highest BCUT2D eigenvalue weighted by atomic mass is 79.9. The SMILES string of the molecule is CC(C)[Si](Oc1ccc2c(c1)CCC(c1ccccc1)=C2c1ccc(OCCBr)cc1)(C(C)C)C(C)C. The predicted molar refractivity (Wildman–Crippen MR) is 165 cm³/mol. The normalized spacial score (nSPS) is 13.9. The van der Waals surface area contributed by atoms with Crippen LogP contribution in [0.25, 0.3) is 11.1 Å². The molecule has 0 aromatic heterocycles. The molecule has 37 heavy (non-hydrogen) atoms. The Bertz CT molecular complexity index is 1190. The van der Waals surface area contributed by atoms with Gasteiger partial charge in [0.15, 0.2) is 0 Å². The van der Waals surface area contributed by atoms with Crippen LogP contribution < -0.4 is 9.16 Å². The van der Waals surface area contributed by atoms with Crippen molar-refractivity contribution in [3.8, 4) is 11.5 Å². The zero-order valence-electron chi connectivity index (χ0n) is 23.2. The number of allylic oxidation sites excluding steroid dienone is 1. The average Bonchev–Trinajstić information content (AvgIpc) is 2.90. The lowest BCUT2D eigenvalue weighted by atomic mass is 9.79. The first-order chi connectivity index (χ1) is 17.8. The third-order valence-electron chi connectivity index (χ3n) is 7.91. The predicted octanol–water partition coefficient (Wildman–Crippen LogP) is 9.92. The molecule has 3 aromatic carbocycles. The van der Waals surface area contributed by atoms with Gasteiger partial charge in [-0.25, -0.2) is 0 Å². The molecule has 3 aromatic rings. The van der Waals surface area contributed by atoms with Crippen LogP contribution in [0.4, 0.5) is 0 Å². The number of ether oxygens (including phenoxy) is 1. The van der Waals surface area contributed by atoms with Gasteiger partial charge < -0.3 is 9.16 Å². The van der Waals surface area contributed by atoms with Gasteiger partial charge in [-0.15, -0.1) is 0 Å². The second kappa shape index (κ2) is 12.0. The summed E-state index contributed by atoms with van der Waals surface area (Å²) >= 11 is 3.44. The van der Waals surface area contributed by atoms with Crippen LogP contribution in [0.3, 0.4) is 0 Å². The van der Waals surface area contributed by atoms with Crippen LogP contribution in [-0.2, 0) is 6.42 Å². The number of rotatable bonds is 10. The maximum atomic E-state index is 7.06. The van der Waals surface area contributed by atoms with E-state index < -0.39 is 8.32 Å². The number of halogens is 1. The van der Waals surface area contributed by atoms with E-state index in [1.165, 1.54) is 33.4 Å². The summed E-state index contributed by atoms with van der Waals surface area (Å²) in [5.74, 6) is 1.95. The molecule has 0 N–H and O–H groups in total. The Morgan fingerprint density at radius 1 is 0.730 bits per heavy atom. The summed E-state index contributed by atoms with van der Waals surface area (Å²) in [5, 5.41) is 0.824. The van der Waals surface area contributed by atoms with Crippen molar-refractivity contribution in [2.75, 3.05) is 11.9 Å². The molecule has 0 spiro atoms. The Hall–Kier alpha value is -2.30. The molecule has 196 valence electrons. The summed E-state index contributed by atoms with van der Waals surface area (Å²) < 4.78 is 12.9. The van der Waals surface area contributed by atoms with Crippen molar-refractivity contribution in [1.82, 2.24) is 0 Å². The number of hydrogen-bond acceptors (Lipinski definition) is 2. The highest BCUT2D eigenvalue weighted by Gasteiger charge is 2.47. The van der Waals surface area contributed by atoms with Gasteiger partial charge in [0.2, 0.25) is 0 Å². The molecule has 0 saturated heterocycles. The zero-order chi connectivity index (χ0) is 26.6. The van der Waals surface area contributed by atoms with Crippen molar-refractivity contribution in [3.05, 3.63) is 95.1 Å². The summed E-state index contributed by atoms with van der Waals surface area (Å²) in [4.78, 5) is 0. The minimum atomic E-state index is -2.01. The molecule has 0 aliphatic heterocycles. The fraction of sp³-hybridized carbons (Fsp3) is 0.394. The molecule has 4 heteroatoms. The number of fused-ring (bicyclic) bond motifs is 1. The first kappa shape index (κ1) is 27.7. The number of hydrogen-bond donors (Lipinski definition) is 0. The smallest absolute Gasteiger partial charge is 0.258 e. The lowest BCUT2D eigenvalue weighted by molar-refractivity contribution is 0.345. The monoisotopic (exact) mass is 576 g/mol. The highest BCUT2D eigenvalue weighted by Crippen LogP contribution is 2.45. The Morgan fingerprint density at radius 3 is 1.95 bits per heavy atom. The van der Waals surface area contributed by atoms with Gasteiger partial charge >= 0.3 is 0 Å². The van der Waals surface area contributed by atoms with Crippen LogP contribution in [0.2, 0.25) is 16.6 Å². The molecule has 4 rings (SSSR count). The molecule has 0 unspecified atom stereocenters. The number of alkyl halides is 1. The van der Waals surface area contributed by atoms with Crippen molar-refractivity contribution < 1.29 is 9.16 Å². The van der Waals surface area contributed by atoms with Crippen LogP contribution >= 0.6 is 15.9 Å². The Morgan fingerprint density at radius 2 is 1.35 bits per heavy atom. The van der Waals surface area contributed by atoms with Gasteiger partial charge in [-0.1, -0.05) is 106 Å². The Kier molecular flexibility index (Phi) is 9.02. The van der Waals surface area contributed by atoms with Gasteiger partial charge in [0.05, 0.1) is 6.61 Å². The van der Waals surface area contributed by atoms with Crippen LogP contribution in [0.5, 0.6) is 11.5 Å². The van der Waals surface area contributed by atoms with Crippen LogP contribution in [-0.4, -0.2) is 20.3 Å². The van der Waals surface area contributed by atoms with Gasteiger partial charge in [0.25, 0.3) is 8.32 Å². The van der Waals surface area contributed by atoms with E-state index in [0.717, 1.165) is 29.7 Å². The first-order valence-corrected chi connectivity index (χ1v) is 16.9. The minimum absolute atomic E-state index is 0.550. The third kappa shape index (κ3) is 5.76. The number of benzene rings is 3. The van der Waals surface area contributed by atoms with Gasteiger partial charge in [0.1, 0.15) is 11.5 Å². The van der Waals surface area contributed by atoms with E-state index in [0.29, 0.717) is 23.2 Å². The van der Waals surface area contributed by atoms with Crippen LogP contribution in [0, 0.1) is 0 Å².